The molecule has 4 nitrogen and oxygen atoms in total. The molecular formula is C15H12FNO3. The molecule has 1 N–H and O–H groups in total. The van der Waals surface area contributed by atoms with Crippen molar-refractivity contribution in [3.8, 4) is 0 Å². The summed E-state index contributed by atoms with van der Waals surface area (Å²) >= 11 is 0. The van der Waals surface area contributed by atoms with Crippen LogP contribution >= 0.6 is 0 Å². The molecule has 0 aliphatic heterocycles. The molecule has 0 aromatic heterocycles. The Morgan fingerprint density at radius 2 is 1.60 bits per heavy atom. The lowest BCUT2D eigenvalue weighted by atomic mass is 10.1. The molecule has 0 spiro atoms. The monoisotopic (exact) mass is 273 g/mol. The van der Waals surface area contributed by atoms with E-state index in [1.54, 1.807) is 30.3 Å². The van der Waals surface area contributed by atoms with Crippen molar-refractivity contribution in [3.63, 3.8) is 0 Å². The molecule has 0 radical (unpaired) electrons. The molecule has 2 aromatic rings. The van der Waals surface area contributed by atoms with Gasteiger partial charge in [-0.1, -0.05) is 18.2 Å². The molecule has 102 valence electrons. The Balaban J connectivity index is 2.34. The van der Waals surface area contributed by atoms with Crippen molar-refractivity contribution in [2.45, 2.75) is 0 Å². The summed E-state index contributed by atoms with van der Waals surface area (Å²) in [5.41, 5.74) is 0.709. The number of hydrogen-bond donors (Lipinski definition) is 1. The van der Waals surface area contributed by atoms with Crippen LogP contribution in [0.5, 0.6) is 0 Å². The molecule has 5 heteroatoms. The van der Waals surface area contributed by atoms with Crippen LogP contribution in [0.15, 0.2) is 54.6 Å². The Bertz CT molecular complexity index is 611. The highest BCUT2D eigenvalue weighted by atomic mass is 19.1. The van der Waals surface area contributed by atoms with Crippen molar-refractivity contribution >= 4 is 17.6 Å². The number of rotatable bonds is 4. The number of carboxylic acid groups (broad SMARTS) is 1. The van der Waals surface area contributed by atoms with Gasteiger partial charge >= 0.3 is 5.97 Å². The summed E-state index contributed by atoms with van der Waals surface area (Å²) in [6, 6.07) is 13.5. The summed E-state index contributed by atoms with van der Waals surface area (Å²) < 4.78 is 12.9. The smallest absolute Gasteiger partial charge is 0.323 e. The summed E-state index contributed by atoms with van der Waals surface area (Å²) in [6.45, 7) is -0.458. The summed E-state index contributed by atoms with van der Waals surface area (Å²) in [5.74, 6) is -2.06. The zero-order chi connectivity index (χ0) is 14.5. The predicted molar refractivity (Wildman–Crippen MR) is 72.2 cm³/mol. The second-order valence-electron chi connectivity index (χ2n) is 4.13. The van der Waals surface area contributed by atoms with Crippen LogP contribution in [0.2, 0.25) is 0 Å². The second-order valence-corrected chi connectivity index (χ2v) is 4.13. The maximum Gasteiger partial charge on any atom is 0.323 e. The Hall–Kier alpha value is -2.69. The molecule has 2 aromatic carbocycles. The van der Waals surface area contributed by atoms with Gasteiger partial charge in [-0.15, -0.1) is 0 Å². The first kappa shape index (κ1) is 13.7. The molecule has 0 aliphatic rings. The zero-order valence-corrected chi connectivity index (χ0v) is 10.5. The number of aliphatic carboxylic acids is 1. The van der Waals surface area contributed by atoms with Gasteiger partial charge in [0.1, 0.15) is 12.4 Å². The molecule has 0 atom stereocenters. The summed E-state index contributed by atoms with van der Waals surface area (Å²) in [5, 5.41) is 8.93. The number of amides is 1. The molecule has 0 heterocycles. The van der Waals surface area contributed by atoms with Crippen LogP contribution < -0.4 is 4.90 Å². The highest BCUT2D eigenvalue weighted by molar-refractivity contribution is 6.08. The molecule has 0 aliphatic carbocycles. The third kappa shape index (κ3) is 3.20. The standard InChI is InChI=1S/C15H12FNO3/c16-12-8-6-11(7-9-12)15(20)17(10-14(18)19)13-4-2-1-3-5-13/h1-9H,10H2,(H,18,19). The van der Waals surface area contributed by atoms with Crippen LogP contribution in [0.4, 0.5) is 10.1 Å². The van der Waals surface area contributed by atoms with Crippen LogP contribution in [0.1, 0.15) is 10.4 Å². The van der Waals surface area contributed by atoms with Gasteiger partial charge < -0.3 is 5.11 Å². The average Bonchev–Trinajstić information content (AvgIpc) is 2.45. The average molecular weight is 273 g/mol. The van der Waals surface area contributed by atoms with Crippen molar-refractivity contribution in [2.24, 2.45) is 0 Å². The van der Waals surface area contributed by atoms with E-state index in [9.17, 15) is 14.0 Å². The molecular weight excluding hydrogens is 261 g/mol. The summed E-state index contributed by atoms with van der Waals surface area (Å²) in [7, 11) is 0. The van der Waals surface area contributed by atoms with Crippen LogP contribution in [-0.4, -0.2) is 23.5 Å². The van der Waals surface area contributed by atoms with Crippen molar-refractivity contribution in [1.29, 1.82) is 0 Å². The van der Waals surface area contributed by atoms with Crippen molar-refractivity contribution < 1.29 is 19.1 Å². The Kier molecular flexibility index (Phi) is 4.10. The molecule has 0 saturated heterocycles. The summed E-state index contributed by atoms with van der Waals surface area (Å²) in [4.78, 5) is 24.4. The number of halogens is 1. The van der Waals surface area contributed by atoms with Crippen molar-refractivity contribution in [3.05, 3.63) is 66.0 Å². The Morgan fingerprint density at radius 3 is 2.15 bits per heavy atom. The molecule has 0 fully saturated rings. The van der Waals surface area contributed by atoms with E-state index in [1.165, 1.54) is 12.1 Å². The molecule has 0 unspecified atom stereocenters. The highest BCUT2D eigenvalue weighted by Gasteiger charge is 2.20. The first-order valence-electron chi connectivity index (χ1n) is 5.92. The third-order valence-electron chi connectivity index (χ3n) is 2.70. The van der Waals surface area contributed by atoms with Crippen LogP contribution in [0, 0.1) is 5.82 Å². The normalized spacial score (nSPS) is 10.1. The lowest BCUT2D eigenvalue weighted by Gasteiger charge is -2.20. The second kappa shape index (κ2) is 5.97. The first-order chi connectivity index (χ1) is 9.58. The number of anilines is 1. The Morgan fingerprint density at radius 1 is 1.00 bits per heavy atom. The number of hydrogen-bond acceptors (Lipinski definition) is 2. The number of carbonyl (C=O) groups is 2. The molecule has 0 saturated carbocycles. The minimum atomic E-state index is -1.12. The van der Waals surface area contributed by atoms with E-state index in [2.05, 4.69) is 0 Å². The van der Waals surface area contributed by atoms with Crippen molar-refractivity contribution in [2.75, 3.05) is 11.4 Å². The van der Waals surface area contributed by atoms with Gasteiger partial charge in [0, 0.05) is 11.3 Å². The Labute approximate surface area is 115 Å². The quantitative estimate of drug-likeness (QED) is 0.931. The predicted octanol–water partition coefficient (Wildman–Crippen LogP) is 2.56. The lowest BCUT2D eigenvalue weighted by molar-refractivity contribution is -0.135. The third-order valence-corrected chi connectivity index (χ3v) is 2.70. The van der Waals surface area contributed by atoms with E-state index in [-0.39, 0.29) is 5.56 Å². The van der Waals surface area contributed by atoms with E-state index in [0.29, 0.717) is 5.69 Å². The molecule has 2 rings (SSSR count). The van der Waals surface area contributed by atoms with E-state index >= 15 is 0 Å². The van der Waals surface area contributed by atoms with Gasteiger partial charge in [-0.2, -0.15) is 0 Å². The van der Waals surface area contributed by atoms with Gasteiger partial charge in [0.25, 0.3) is 5.91 Å². The molecule has 0 bridgehead atoms. The highest BCUT2D eigenvalue weighted by Crippen LogP contribution is 2.17. The van der Waals surface area contributed by atoms with Gasteiger partial charge in [-0.3, -0.25) is 14.5 Å². The van der Waals surface area contributed by atoms with Gasteiger partial charge in [0.05, 0.1) is 0 Å². The zero-order valence-electron chi connectivity index (χ0n) is 10.5. The first-order valence-corrected chi connectivity index (χ1v) is 5.92. The fourth-order valence-corrected chi connectivity index (χ4v) is 1.77. The van der Waals surface area contributed by atoms with E-state index in [1.807, 2.05) is 0 Å². The van der Waals surface area contributed by atoms with Gasteiger partial charge in [0.15, 0.2) is 0 Å². The number of benzene rings is 2. The minimum absolute atomic E-state index is 0.233. The van der Waals surface area contributed by atoms with E-state index in [0.717, 1.165) is 17.0 Å². The fraction of sp³-hybridized carbons (Fsp3) is 0.0667. The van der Waals surface area contributed by atoms with E-state index < -0.39 is 24.2 Å². The molecule has 20 heavy (non-hydrogen) atoms. The maximum atomic E-state index is 12.9. The molecule has 1 amide bonds. The number of carboxylic acids is 1. The number of nitrogens with zero attached hydrogens (tertiary/aromatic N) is 1. The SMILES string of the molecule is O=C(O)CN(C(=O)c1ccc(F)cc1)c1ccccc1. The number of para-hydroxylation sites is 1. The van der Waals surface area contributed by atoms with E-state index in [4.69, 9.17) is 5.11 Å². The minimum Gasteiger partial charge on any atom is -0.480 e. The lowest BCUT2D eigenvalue weighted by Crippen LogP contribution is -2.35. The number of carbonyl (C=O) groups excluding carboxylic acids is 1. The topological polar surface area (TPSA) is 57.6 Å². The van der Waals surface area contributed by atoms with Gasteiger partial charge in [-0.25, -0.2) is 4.39 Å². The van der Waals surface area contributed by atoms with Crippen molar-refractivity contribution in [1.82, 2.24) is 0 Å². The van der Waals surface area contributed by atoms with Crippen LogP contribution in [0.3, 0.4) is 0 Å². The van der Waals surface area contributed by atoms with Crippen LogP contribution in [0.25, 0.3) is 0 Å². The fourth-order valence-electron chi connectivity index (χ4n) is 1.77. The maximum absolute atomic E-state index is 12.9. The largest absolute Gasteiger partial charge is 0.480 e. The van der Waals surface area contributed by atoms with Gasteiger partial charge in [-0.05, 0) is 36.4 Å². The summed E-state index contributed by atoms with van der Waals surface area (Å²) in [6.07, 6.45) is 0. The van der Waals surface area contributed by atoms with Gasteiger partial charge in [0.2, 0.25) is 0 Å². The van der Waals surface area contributed by atoms with Crippen LogP contribution in [-0.2, 0) is 4.79 Å².